The molecule has 0 aliphatic heterocycles. The van der Waals surface area contributed by atoms with Crippen LogP contribution in [0.3, 0.4) is 0 Å². The molecule has 0 amide bonds. The molecule has 1 saturated carbocycles. The lowest BCUT2D eigenvalue weighted by atomic mass is 9.81. The van der Waals surface area contributed by atoms with Crippen LogP contribution in [0.5, 0.6) is 0 Å². The Morgan fingerprint density at radius 1 is 0.750 bits per heavy atom. The fourth-order valence-corrected chi connectivity index (χ4v) is 1.43. The van der Waals surface area contributed by atoms with Crippen LogP contribution in [0, 0.1) is 0 Å². The summed E-state index contributed by atoms with van der Waals surface area (Å²) in [5, 5.41) is 0. The highest BCUT2D eigenvalue weighted by atomic mass is 16.2. The highest BCUT2D eigenvalue weighted by Crippen LogP contribution is 2.30. The molecule has 1 rings (SSSR count). The average molecular weight is 212 g/mol. The molecule has 16 heavy (non-hydrogen) atoms. The van der Waals surface area contributed by atoms with Crippen LogP contribution >= 0.6 is 0 Å². The second kappa shape index (κ2) is 4.53. The third-order valence-electron chi connectivity index (χ3n) is 2.28. The number of carbonyl (C=O) groups excluding carboxylic acids is 2. The van der Waals surface area contributed by atoms with Crippen LogP contribution < -0.4 is 0 Å². The molecular formula is C14H12O2. The quantitative estimate of drug-likeness (QED) is 0.520. The van der Waals surface area contributed by atoms with Gasteiger partial charge in [0.2, 0.25) is 11.6 Å². The summed E-state index contributed by atoms with van der Waals surface area (Å²) in [6.07, 6.45) is 5.83. The van der Waals surface area contributed by atoms with Gasteiger partial charge in [0.1, 0.15) is 0 Å². The van der Waals surface area contributed by atoms with Gasteiger partial charge in [0.25, 0.3) is 0 Å². The molecule has 1 aliphatic carbocycles. The van der Waals surface area contributed by atoms with Gasteiger partial charge in [-0.1, -0.05) is 50.6 Å². The van der Waals surface area contributed by atoms with Gasteiger partial charge in [-0.2, -0.15) is 0 Å². The Hall–Kier alpha value is -2.22. The molecule has 0 aromatic rings. The maximum atomic E-state index is 11.7. The molecule has 0 N–H and O–H groups in total. The van der Waals surface area contributed by atoms with E-state index < -0.39 is 11.6 Å². The summed E-state index contributed by atoms with van der Waals surface area (Å²) in [6, 6.07) is 0. The average Bonchev–Trinajstić information content (AvgIpc) is 2.28. The minimum Gasteiger partial charge on any atom is -0.285 e. The summed E-state index contributed by atoms with van der Waals surface area (Å²) in [6.45, 7) is 14.5. The standard InChI is InChI=1S/C14H12O2/c1-5-7-11-9(3)10(4)12(8-6-2)14(16)13(11)15/h5-8H,1-4H2/b11-7+,12-8+. The van der Waals surface area contributed by atoms with Gasteiger partial charge in [-0.3, -0.25) is 9.59 Å². The first-order valence-electron chi connectivity index (χ1n) is 4.68. The van der Waals surface area contributed by atoms with E-state index in [0.717, 1.165) is 0 Å². The van der Waals surface area contributed by atoms with E-state index >= 15 is 0 Å². The first-order valence-corrected chi connectivity index (χ1v) is 4.68. The number of ketones is 2. The molecule has 0 spiro atoms. The Labute approximate surface area is 94.7 Å². The lowest BCUT2D eigenvalue weighted by molar-refractivity contribution is -0.132. The van der Waals surface area contributed by atoms with Crippen LogP contribution in [-0.4, -0.2) is 11.6 Å². The molecule has 2 heteroatoms. The first-order chi connectivity index (χ1) is 7.54. The summed E-state index contributed by atoms with van der Waals surface area (Å²) in [4.78, 5) is 23.4. The summed E-state index contributed by atoms with van der Waals surface area (Å²) in [5.74, 6) is -1.16. The van der Waals surface area contributed by atoms with Crippen molar-refractivity contribution in [1.82, 2.24) is 0 Å². The number of hydrogen-bond acceptors (Lipinski definition) is 2. The van der Waals surface area contributed by atoms with Crippen molar-refractivity contribution in [3.05, 3.63) is 72.9 Å². The normalized spacial score (nSPS) is 21.8. The van der Waals surface area contributed by atoms with Crippen molar-refractivity contribution < 1.29 is 9.59 Å². The molecule has 0 aromatic heterocycles. The van der Waals surface area contributed by atoms with E-state index in [9.17, 15) is 9.59 Å². The number of rotatable bonds is 2. The molecule has 1 fully saturated rings. The molecule has 0 bridgehead atoms. The molecule has 2 nitrogen and oxygen atoms in total. The largest absolute Gasteiger partial charge is 0.285 e. The van der Waals surface area contributed by atoms with E-state index in [0.29, 0.717) is 11.1 Å². The predicted molar refractivity (Wildman–Crippen MR) is 64.9 cm³/mol. The Morgan fingerprint density at radius 2 is 1.06 bits per heavy atom. The molecule has 0 unspecified atom stereocenters. The maximum Gasteiger partial charge on any atom is 0.234 e. The van der Waals surface area contributed by atoms with Crippen LogP contribution in [0.4, 0.5) is 0 Å². The molecule has 1 aliphatic rings. The minimum absolute atomic E-state index is 0.256. The topological polar surface area (TPSA) is 34.1 Å². The molecular weight excluding hydrogens is 200 g/mol. The summed E-state index contributed by atoms with van der Waals surface area (Å²) >= 11 is 0. The highest BCUT2D eigenvalue weighted by Gasteiger charge is 2.32. The van der Waals surface area contributed by atoms with Crippen molar-refractivity contribution in [3.8, 4) is 0 Å². The third kappa shape index (κ3) is 1.77. The van der Waals surface area contributed by atoms with E-state index in [-0.39, 0.29) is 11.1 Å². The lowest BCUT2D eigenvalue weighted by Gasteiger charge is -2.19. The lowest BCUT2D eigenvalue weighted by Crippen LogP contribution is -2.26. The summed E-state index contributed by atoms with van der Waals surface area (Å²) in [5.41, 5.74) is 1.42. The van der Waals surface area contributed by atoms with E-state index in [1.54, 1.807) is 0 Å². The van der Waals surface area contributed by atoms with Gasteiger partial charge in [-0.25, -0.2) is 0 Å². The molecule has 0 heterocycles. The third-order valence-corrected chi connectivity index (χ3v) is 2.28. The fraction of sp³-hybridized carbons (Fsp3) is 0. The van der Waals surface area contributed by atoms with Crippen LogP contribution in [0.15, 0.2) is 72.9 Å². The number of allylic oxidation sites excluding steroid dienone is 8. The van der Waals surface area contributed by atoms with E-state index in [1.165, 1.54) is 24.3 Å². The Bertz CT molecular complexity index is 407. The molecule has 0 atom stereocenters. The van der Waals surface area contributed by atoms with Gasteiger partial charge in [-0.15, -0.1) is 0 Å². The van der Waals surface area contributed by atoms with Crippen molar-refractivity contribution in [2.75, 3.05) is 0 Å². The van der Waals surface area contributed by atoms with Gasteiger partial charge >= 0.3 is 0 Å². The second-order valence-electron chi connectivity index (χ2n) is 3.25. The van der Waals surface area contributed by atoms with E-state index in [1.807, 2.05) is 0 Å². The number of Topliss-reactive ketones (excluding diaryl/α,β-unsaturated/α-hetero) is 2. The van der Waals surface area contributed by atoms with E-state index in [2.05, 4.69) is 26.3 Å². The van der Waals surface area contributed by atoms with Crippen LogP contribution in [0.2, 0.25) is 0 Å². The minimum atomic E-state index is -0.578. The monoisotopic (exact) mass is 212 g/mol. The highest BCUT2D eigenvalue weighted by molar-refractivity contribution is 6.53. The van der Waals surface area contributed by atoms with Gasteiger partial charge in [0.15, 0.2) is 0 Å². The Kier molecular flexibility index (Phi) is 3.36. The van der Waals surface area contributed by atoms with Crippen LogP contribution in [0.1, 0.15) is 0 Å². The molecule has 80 valence electrons. The zero-order valence-corrected chi connectivity index (χ0v) is 8.95. The van der Waals surface area contributed by atoms with Gasteiger partial charge < -0.3 is 0 Å². The maximum absolute atomic E-state index is 11.7. The van der Waals surface area contributed by atoms with Crippen molar-refractivity contribution in [3.63, 3.8) is 0 Å². The number of hydrogen-bond donors (Lipinski definition) is 0. The molecule has 0 saturated heterocycles. The van der Waals surface area contributed by atoms with Crippen molar-refractivity contribution in [1.29, 1.82) is 0 Å². The van der Waals surface area contributed by atoms with Crippen LogP contribution in [-0.2, 0) is 9.59 Å². The fourth-order valence-electron chi connectivity index (χ4n) is 1.43. The summed E-state index contributed by atoms with van der Waals surface area (Å²) < 4.78 is 0. The van der Waals surface area contributed by atoms with Gasteiger partial charge in [0.05, 0.1) is 0 Å². The van der Waals surface area contributed by atoms with Crippen LogP contribution in [0.25, 0.3) is 0 Å². The second-order valence-corrected chi connectivity index (χ2v) is 3.25. The zero-order chi connectivity index (χ0) is 12.3. The molecule has 0 radical (unpaired) electrons. The first kappa shape index (κ1) is 11.9. The Balaban J connectivity index is 3.36. The van der Waals surface area contributed by atoms with Crippen molar-refractivity contribution >= 4 is 11.6 Å². The zero-order valence-electron chi connectivity index (χ0n) is 8.95. The number of carbonyl (C=O) groups is 2. The smallest absolute Gasteiger partial charge is 0.234 e. The predicted octanol–water partition coefficient (Wildman–Crippen LogP) is 2.48. The van der Waals surface area contributed by atoms with E-state index in [4.69, 9.17) is 0 Å². The van der Waals surface area contributed by atoms with Crippen molar-refractivity contribution in [2.24, 2.45) is 0 Å². The van der Waals surface area contributed by atoms with Crippen molar-refractivity contribution in [2.45, 2.75) is 0 Å². The van der Waals surface area contributed by atoms with Gasteiger partial charge in [-0.05, 0) is 11.1 Å². The Morgan fingerprint density at radius 3 is 1.31 bits per heavy atom. The molecule has 0 aromatic carbocycles. The van der Waals surface area contributed by atoms with Gasteiger partial charge in [0, 0.05) is 11.1 Å². The summed E-state index contributed by atoms with van der Waals surface area (Å²) in [7, 11) is 0. The SMILES string of the molecule is C=C/C=C1\C(=C)C(=C)/C(=C\C=C)C(=O)C1=O.